The molecule has 4 nitrogen and oxygen atoms in total. The summed E-state index contributed by atoms with van der Waals surface area (Å²) in [6.07, 6.45) is 1.77. The van der Waals surface area contributed by atoms with Crippen LogP contribution >= 0.6 is 0 Å². The maximum atomic E-state index is 14.7. The van der Waals surface area contributed by atoms with Gasteiger partial charge in [-0.2, -0.15) is 0 Å². The summed E-state index contributed by atoms with van der Waals surface area (Å²) in [5, 5.41) is 0. The standard InChI is InChI=1S/C24H27FO4/c1-16-10-21(25)19(12-22(16)27-14-18-6-4-3-5-7-18)11-17(2)24-9-8-20(26)13-23(24)28-15-29-24/h3-7,10,12,17,23H,8-9,11,13-15H2,1-2H3/t17-,23+,24+/m0/s1. The molecule has 0 N–H and O–H groups in total. The van der Waals surface area contributed by atoms with E-state index in [0.717, 1.165) is 11.1 Å². The average molecular weight is 398 g/mol. The predicted octanol–water partition coefficient (Wildman–Crippen LogP) is 4.76. The summed E-state index contributed by atoms with van der Waals surface area (Å²) in [6.45, 7) is 4.55. The highest BCUT2D eigenvalue weighted by Gasteiger charge is 2.52. The Morgan fingerprint density at radius 2 is 2.07 bits per heavy atom. The molecule has 29 heavy (non-hydrogen) atoms. The molecule has 0 bridgehead atoms. The molecule has 2 aliphatic rings. The number of halogens is 1. The van der Waals surface area contributed by atoms with E-state index in [0.29, 0.717) is 43.6 Å². The molecule has 2 aromatic carbocycles. The Morgan fingerprint density at radius 1 is 1.28 bits per heavy atom. The van der Waals surface area contributed by atoms with Gasteiger partial charge >= 0.3 is 0 Å². The summed E-state index contributed by atoms with van der Waals surface area (Å²) in [7, 11) is 0. The van der Waals surface area contributed by atoms with Crippen LogP contribution in [0, 0.1) is 18.7 Å². The topological polar surface area (TPSA) is 44.8 Å². The second kappa shape index (κ2) is 8.25. The van der Waals surface area contributed by atoms with Crippen molar-refractivity contribution in [3.63, 3.8) is 0 Å². The first kappa shape index (κ1) is 20.0. The van der Waals surface area contributed by atoms with Crippen LogP contribution in [0.5, 0.6) is 5.75 Å². The minimum atomic E-state index is -0.518. The van der Waals surface area contributed by atoms with E-state index in [9.17, 15) is 9.18 Å². The SMILES string of the molecule is Cc1cc(F)c(C[C@H](C)[C@]23CCC(=O)C[C@H]2OCO3)cc1OCc1ccccc1. The molecule has 0 amide bonds. The summed E-state index contributed by atoms with van der Waals surface area (Å²) in [5.41, 5.74) is 1.92. The minimum Gasteiger partial charge on any atom is -0.489 e. The highest BCUT2D eigenvalue weighted by molar-refractivity contribution is 5.80. The van der Waals surface area contributed by atoms with Crippen LogP contribution in [-0.4, -0.2) is 24.3 Å². The molecule has 2 fully saturated rings. The Labute approximate surface area is 171 Å². The number of hydrogen-bond donors (Lipinski definition) is 0. The van der Waals surface area contributed by atoms with E-state index in [1.54, 1.807) is 6.07 Å². The molecule has 4 rings (SSSR count). The van der Waals surface area contributed by atoms with Crippen LogP contribution in [0.15, 0.2) is 42.5 Å². The lowest BCUT2D eigenvalue weighted by atomic mass is 9.72. The molecule has 5 heteroatoms. The van der Waals surface area contributed by atoms with Crippen molar-refractivity contribution in [3.8, 4) is 5.75 Å². The van der Waals surface area contributed by atoms with Gasteiger partial charge in [-0.25, -0.2) is 4.39 Å². The zero-order valence-corrected chi connectivity index (χ0v) is 16.9. The van der Waals surface area contributed by atoms with Crippen molar-refractivity contribution in [1.82, 2.24) is 0 Å². The molecule has 2 aromatic rings. The summed E-state index contributed by atoms with van der Waals surface area (Å²) < 4.78 is 32.4. The van der Waals surface area contributed by atoms with Gasteiger partial charge in [0.05, 0.1) is 6.10 Å². The first-order valence-corrected chi connectivity index (χ1v) is 10.2. The normalized spacial score (nSPS) is 24.9. The van der Waals surface area contributed by atoms with Gasteiger partial charge in [-0.15, -0.1) is 0 Å². The molecular formula is C24H27FO4. The average Bonchev–Trinajstić information content (AvgIpc) is 3.14. The number of ether oxygens (including phenoxy) is 3. The predicted molar refractivity (Wildman–Crippen MR) is 107 cm³/mol. The van der Waals surface area contributed by atoms with Crippen molar-refractivity contribution < 1.29 is 23.4 Å². The Hall–Kier alpha value is -2.24. The van der Waals surface area contributed by atoms with Gasteiger partial charge in [-0.05, 0) is 54.5 Å². The summed E-state index contributed by atoms with van der Waals surface area (Å²) in [4.78, 5) is 11.8. The summed E-state index contributed by atoms with van der Waals surface area (Å²) in [6, 6.07) is 13.3. The Morgan fingerprint density at radius 3 is 2.86 bits per heavy atom. The lowest BCUT2D eigenvalue weighted by molar-refractivity contribution is -0.130. The van der Waals surface area contributed by atoms with E-state index in [2.05, 4.69) is 6.92 Å². The van der Waals surface area contributed by atoms with Gasteiger partial charge in [0.2, 0.25) is 0 Å². The third-order valence-electron chi connectivity index (χ3n) is 6.29. The number of hydrogen-bond acceptors (Lipinski definition) is 4. The van der Waals surface area contributed by atoms with E-state index >= 15 is 0 Å². The second-order valence-corrected chi connectivity index (χ2v) is 8.20. The third kappa shape index (κ3) is 4.07. The van der Waals surface area contributed by atoms with Crippen molar-refractivity contribution in [1.29, 1.82) is 0 Å². The first-order chi connectivity index (χ1) is 14.0. The number of benzene rings is 2. The lowest BCUT2D eigenvalue weighted by Crippen LogP contribution is -2.50. The van der Waals surface area contributed by atoms with E-state index in [1.165, 1.54) is 6.07 Å². The smallest absolute Gasteiger partial charge is 0.148 e. The minimum absolute atomic E-state index is 0.0160. The van der Waals surface area contributed by atoms with E-state index < -0.39 is 5.60 Å². The van der Waals surface area contributed by atoms with Gasteiger partial charge in [-0.1, -0.05) is 37.3 Å². The molecule has 1 saturated heterocycles. The first-order valence-electron chi connectivity index (χ1n) is 10.2. The van der Waals surface area contributed by atoms with Crippen LogP contribution in [0.2, 0.25) is 0 Å². The van der Waals surface area contributed by atoms with Crippen molar-refractivity contribution in [2.24, 2.45) is 5.92 Å². The van der Waals surface area contributed by atoms with Gasteiger partial charge in [0, 0.05) is 12.8 Å². The zero-order valence-electron chi connectivity index (χ0n) is 16.9. The number of Topliss-reactive ketones (excluding diaryl/α,β-unsaturated/α-hetero) is 1. The molecule has 1 heterocycles. The van der Waals surface area contributed by atoms with Gasteiger partial charge in [0.15, 0.2) is 0 Å². The zero-order chi connectivity index (χ0) is 20.4. The van der Waals surface area contributed by atoms with Crippen molar-refractivity contribution in [2.75, 3.05) is 6.79 Å². The summed E-state index contributed by atoms with van der Waals surface area (Å²) in [5.74, 6) is 0.679. The molecule has 1 aliphatic carbocycles. The second-order valence-electron chi connectivity index (χ2n) is 8.20. The molecule has 0 radical (unpaired) electrons. The quantitative estimate of drug-likeness (QED) is 0.704. The largest absolute Gasteiger partial charge is 0.489 e. The molecule has 0 aromatic heterocycles. The number of fused-ring (bicyclic) bond motifs is 1. The molecular weight excluding hydrogens is 371 g/mol. The maximum Gasteiger partial charge on any atom is 0.148 e. The number of carbonyl (C=O) groups is 1. The van der Waals surface area contributed by atoms with Crippen LogP contribution < -0.4 is 4.74 Å². The third-order valence-corrected chi connectivity index (χ3v) is 6.29. The van der Waals surface area contributed by atoms with Crippen molar-refractivity contribution in [3.05, 3.63) is 65.0 Å². The van der Waals surface area contributed by atoms with Gasteiger partial charge in [0.25, 0.3) is 0 Å². The Balaban J connectivity index is 1.51. The van der Waals surface area contributed by atoms with Crippen LogP contribution in [-0.2, 0) is 27.3 Å². The maximum absolute atomic E-state index is 14.7. The molecule has 1 aliphatic heterocycles. The van der Waals surface area contributed by atoms with Crippen molar-refractivity contribution >= 4 is 5.78 Å². The lowest BCUT2D eigenvalue weighted by Gasteiger charge is -2.40. The summed E-state index contributed by atoms with van der Waals surface area (Å²) >= 11 is 0. The fourth-order valence-electron chi connectivity index (χ4n) is 4.52. The molecule has 154 valence electrons. The molecule has 1 saturated carbocycles. The van der Waals surface area contributed by atoms with Gasteiger partial charge < -0.3 is 14.2 Å². The number of aryl methyl sites for hydroxylation is 1. The number of rotatable bonds is 6. The van der Waals surface area contributed by atoms with Gasteiger partial charge in [0.1, 0.15) is 36.4 Å². The van der Waals surface area contributed by atoms with Crippen LogP contribution in [0.4, 0.5) is 4.39 Å². The highest BCUT2D eigenvalue weighted by Crippen LogP contribution is 2.44. The van der Waals surface area contributed by atoms with E-state index in [-0.39, 0.29) is 30.4 Å². The van der Waals surface area contributed by atoms with E-state index in [4.69, 9.17) is 14.2 Å². The Kier molecular flexibility index (Phi) is 5.70. The van der Waals surface area contributed by atoms with Gasteiger partial charge in [-0.3, -0.25) is 4.79 Å². The fourth-order valence-corrected chi connectivity index (χ4v) is 4.52. The Bertz CT molecular complexity index is 882. The van der Waals surface area contributed by atoms with Crippen LogP contribution in [0.3, 0.4) is 0 Å². The molecule has 0 unspecified atom stereocenters. The molecule has 3 atom stereocenters. The van der Waals surface area contributed by atoms with Crippen molar-refractivity contribution in [2.45, 2.75) is 57.8 Å². The monoisotopic (exact) mass is 398 g/mol. The van der Waals surface area contributed by atoms with Crippen LogP contribution in [0.1, 0.15) is 42.9 Å². The van der Waals surface area contributed by atoms with Crippen LogP contribution in [0.25, 0.3) is 0 Å². The molecule has 0 spiro atoms. The number of carbonyl (C=O) groups excluding carboxylic acids is 1. The fraction of sp³-hybridized carbons (Fsp3) is 0.458. The highest BCUT2D eigenvalue weighted by atomic mass is 19.1. The van der Waals surface area contributed by atoms with E-state index in [1.807, 2.05) is 37.3 Å². The number of ketones is 1.